The summed E-state index contributed by atoms with van der Waals surface area (Å²) < 4.78 is 2.34. The summed E-state index contributed by atoms with van der Waals surface area (Å²) in [5.41, 5.74) is 1.19. The minimum absolute atomic E-state index is 0.0775. The molecule has 1 fully saturated rings. The minimum atomic E-state index is 0.0775. The minimum Gasteiger partial charge on any atom is -0.351 e. The maximum atomic E-state index is 4.59. The third-order valence-corrected chi connectivity index (χ3v) is 3.06. The van der Waals surface area contributed by atoms with Crippen molar-refractivity contribution in [2.24, 2.45) is 0 Å². The van der Waals surface area contributed by atoms with Crippen molar-refractivity contribution >= 4 is 5.95 Å². The summed E-state index contributed by atoms with van der Waals surface area (Å²) in [6, 6.07) is 0.658. The van der Waals surface area contributed by atoms with Crippen molar-refractivity contribution in [1.29, 1.82) is 0 Å². The van der Waals surface area contributed by atoms with Crippen LogP contribution in [0.15, 0.2) is 6.20 Å². The SMILES string of the molecule is Cc1cn(C2CCCC2)c(NC(C)(C)C)n1. The van der Waals surface area contributed by atoms with Crippen molar-refractivity contribution < 1.29 is 0 Å². The van der Waals surface area contributed by atoms with E-state index in [2.05, 4.69) is 48.8 Å². The van der Waals surface area contributed by atoms with Crippen molar-refractivity contribution in [1.82, 2.24) is 9.55 Å². The summed E-state index contributed by atoms with van der Waals surface area (Å²) in [5.74, 6) is 1.04. The predicted molar refractivity (Wildman–Crippen MR) is 67.8 cm³/mol. The number of imidazole rings is 1. The molecule has 1 N–H and O–H groups in total. The molecule has 1 aliphatic carbocycles. The third kappa shape index (κ3) is 2.57. The molecule has 0 bridgehead atoms. The average Bonchev–Trinajstić information content (AvgIpc) is 2.71. The van der Waals surface area contributed by atoms with Gasteiger partial charge in [-0.1, -0.05) is 12.8 Å². The lowest BCUT2D eigenvalue weighted by atomic mass is 10.1. The third-order valence-electron chi connectivity index (χ3n) is 3.06. The zero-order valence-electron chi connectivity index (χ0n) is 10.9. The van der Waals surface area contributed by atoms with Crippen molar-refractivity contribution in [2.75, 3.05) is 5.32 Å². The van der Waals surface area contributed by atoms with Crippen LogP contribution in [0.5, 0.6) is 0 Å². The molecule has 1 aromatic heterocycles. The van der Waals surface area contributed by atoms with E-state index in [-0.39, 0.29) is 5.54 Å². The number of rotatable bonds is 2. The first kappa shape index (κ1) is 11.5. The first-order chi connectivity index (χ1) is 7.46. The van der Waals surface area contributed by atoms with Crippen molar-refractivity contribution in [3.05, 3.63) is 11.9 Å². The van der Waals surface area contributed by atoms with E-state index in [0.717, 1.165) is 11.6 Å². The van der Waals surface area contributed by atoms with E-state index in [1.807, 2.05) is 0 Å². The molecule has 1 aromatic rings. The Kier molecular flexibility index (Phi) is 2.96. The Hall–Kier alpha value is -0.990. The Labute approximate surface area is 98.3 Å². The highest BCUT2D eigenvalue weighted by molar-refractivity contribution is 5.32. The summed E-state index contributed by atoms with van der Waals surface area (Å²) in [5, 5.41) is 3.50. The smallest absolute Gasteiger partial charge is 0.203 e. The molecular formula is C13H23N3. The van der Waals surface area contributed by atoms with Crippen LogP contribution in [0.4, 0.5) is 5.95 Å². The zero-order valence-corrected chi connectivity index (χ0v) is 10.9. The highest BCUT2D eigenvalue weighted by atomic mass is 15.2. The van der Waals surface area contributed by atoms with Crippen molar-refractivity contribution in [3.8, 4) is 0 Å². The van der Waals surface area contributed by atoms with E-state index in [4.69, 9.17) is 0 Å². The van der Waals surface area contributed by atoms with Crippen molar-refractivity contribution in [2.45, 2.75) is 65.0 Å². The molecule has 0 aromatic carbocycles. The number of aromatic nitrogens is 2. The standard InChI is InChI=1S/C13H23N3/c1-10-9-16(11-7-5-6-8-11)12(14-10)15-13(2,3)4/h9,11H,5-8H2,1-4H3,(H,14,15). The second-order valence-corrected chi connectivity index (χ2v) is 5.93. The lowest BCUT2D eigenvalue weighted by Crippen LogP contribution is -2.28. The van der Waals surface area contributed by atoms with Gasteiger partial charge >= 0.3 is 0 Å². The molecule has 1 saturated carbocycles. The monoisotopic (exact) mass is 221 g/mol. The van der Waals surface area contributed by atoms with Crippen LogP contribution in [0.3, 0.4) is 0 Å². The zero-order chi connectivity index (χ0) is 11.8. The fourth-order valence-electron chi connectivity index (χ4n) is 2.40. The van der Waals surface area contributed by atoms with Gasteiger partial charge < -0.3 is 9.88 Å². The van der Waals surface area contributed by atoms with E-state index in [1.54, 1.807) is 0 Å². The summed E-state index contributed by atoms with van der Waals surface area (Å²) >= 11 is 0. The van der Waals surface area contributed by atoms with Crippen LogP contribution in [0.25, 0.3) is 0 Å². The number of anilines is 1. The van der Waals surface area contributed by atoms with Gasteiger partial charge in [-0.2, -0.15) is 0 Å². The number of aryl methyl sites for hydroxylation is 1. The molecule has 0 aliphatic heterocycles. The van der Waals surface area contributed by atoms with E-state index in [9.17, 15) is 0 Å². The molecule has 0 atom stereocenters. The number of nitrogens with one attached hydrogen (secondary N) is 1. The second kappa shape index (κ2) is 4.11. The Morgan fingerprint density at radius 2 is 1.94 bits per heavy atom. The molecule has 1 aliphatic rings. The molecular weight excluding hydrogens is 198 g/mol. The molecule has 0 radical (unpaired) electrons. The van der Waals surface area contributed by atoms with E-state index in [0.29, 0.717) is 6.04 Å². The van der Waals surface area contributed by atoms with Gasteiger partial charge in [-0.05, 0) is 40.5 Å². The van der Waals surface area contributed by atoms with Gasteiger partial charge in [0.05, 0.1) is 5.69 Å². The number of nitrogens with zero attached hydrogens (tertiary/aromatic N) is 2. The van der Waals surface area contributed by atoms with Crippen LogP contribution in [0.1, 0.15) is 58.2 Å². The van der Waals surface area contributed by atoms with Crippen molar-refractivity contribution in [3.63, 3.8) is 0 Å². The van der Waals surface area contributed by atoms with Crippen LogP contribution in [-0.4, -0.2) is 15.1 Å². The predicted octanol–water partition coefficient (Wildman–Crippen LogP) is 3.52. The lowest BCUT2D eigenvalue weighted by molar-refractivity contribution is 0.512. The van der Waals surface area contributed by atoms with E-state index in [1.165, 1.54) is 25.7 Å². The summed E-state index contributed by atoms with van der Waals surface area (Å²) in [4.78, 5) is 4.59. The van der Waals surface area contributed by atoms with Gasteiger partial charge in [0.2, 0.25) is 5.95 Å². The van der Waals surface area contributed by atoms with Gasteiger partial charge in [-0.3, -0.25) is 0 Å². The first-order valence-electron chi connectivity index (χ1n) is 6.29. The number of hydrogen-bond donors (Lipinski definition) is 1. The first-order valence-corrected chi connectivity index (χ1v) is 6.29. The summed E-state index contributed by atoms with van der Waals surface area (Å²) in [6.07, 6.45) is 7.50. The van der Waals surface area contributed by atoms with Gasteiger partial charge in [0.1, 0.15) is 0 Å². The van der Waals surface area contributed by atoms with Gasteiger partial charge in [0.15, 0.2) is 0 Å². The molecule has 0 unspecified atom stereocenters. The quantitative estimate of drug-likeness (QED) is 0.828. The van der Waals surface area contributed by atoms with Gasteiger partial charge in [0.25, 0.3) is 0 Å². The fraction of sp³-hybridized carbons (Fsp3) is 0.769. The highest BCUT2D eigenvalue weighted by Crippen LogP contribution is 2.32. The summed E-state index contributed by atoms with van der Waals surface area (Å²) in [7, 11) is 0. The van der Waals surface area contributed by atoms with Gasteiger partial charge in [-0.15, -0.1) is 0 Å². The molecule has 0 amide bonds. The lowest BCUT2D eigenvalue weighted by Gasteiger charge is -2.24. The second-order valence-electron chi connectivity index (χ2n) is 5.93. The molecule has 3 nitrogen and oxygen atoms in total. The highest BCUT2D eigenvalue weighted by Gasteiger charge is 2.22. The van der Waals surface area contributed by atoms with E-state index < -0.39 is 0 Å². The maximum Gasteiger partial charge on any atom is 0.203 e. The normalized spacial score (nSPS) is 18.0. The Bertz CT molecular complexity index is 354. The molecule has 0 saturated heterocycles. The molecule has 16 heavy (non-hydrogen) atoms. The molecule has 90 valence electrons. The Balaban J connectivity index is 2.22. The Morgan fingerprint density at radius 3 is 2.50 bits per heavy atom. The largest absolute Gasteiger partial charge is 0.351 e. The molecule has 2 rings (SSSR count). The van der Waals surface area contributed by atoms with Crippen LogP contribution >= 0.6 is 0 Å². The van der Waals surface area contributed by atoms with Crippen LogP contribution < -0.4 is 5.32 Å². The molecule has 0 spiro atoms. The topological polar surface area (TPSA) is 29.9 Å². The maximum absolute atomic E-state index is 4.59. The van der Waals surface area contributed by atoms with Crippen LogP contribution in [-0.2, 0) is 0 Å². The molecule has 1 heterocycles. The van der Waals surface area contributed by atoms with E-state index >= 15 is 0 Å². The fourth-order valence-corrected chi connectivity index (χ4v) is 2.40. The number of hydrogen-bond acceptors (Lipinski definition) is 2. The Morgan fingerprint density at radius 1 is 1.31 bits per heavy atom. The molecule has 3 heteroatoms. The van der Waals surface area contributed by atoms with Crippen LogP contribution in [0.2, 0.25) is 0 Å². The van der Waals surface area contributed by atoms with Gasteiger partial charge in [-0.25, -0.2) is 4.98 Å². The van der Waals surface area contributed by atoms with Crippen LogP contribution in [0, 0.1) is 6.92 Å². The van der Waals surface area contributed by atoms with Gasteiger partial charge in [0, 0.05) is 17.8 Å². The summed E-state index contributed by atoms with van der Waals surface area (Å²) in [6.45, 7) is 8.60. The average molecular weight is 221 g/mol.